The van der Waals surface area contributed by atoms with E-state index in [1.54, 1.807) is 0 Å². The number of benzene rings is 8. The normalized spacial score (nSPS) is 11.6. The van der Waals surface area contributed by atoms with Gasteiger partial charge in [-0.15, -0.1) is 11.3 Å². The van der Waals surface area contributed by atoms with Gasteiger partial charge in [0.15, 0.2) is 17.5 Å². The molecular weight excluding hydrogens is 703 g/mol. The first-order valence-electron chi connectivity index (χ1n) is 18.7. The van der Waals surface area contributed by atoms with Gasteiger partial charge in [-0.05, 0) is 69.8 Å². The number of hydrogen-bond acceptors (Lipinski definition) is 5. The third-order valence-corrected chi connectivity index (χ3v) is 11.7. The van der Waals surface area contributed by atoms with Crippen molar-refractivity contribution in [2.75, 3.05) is 0 Å². The highest BCUT2D eigenvalue weighted by Gasteiger charge is 2.19. The number of thiophene rings is 1. The second-order valence-electron chi connectivity index (χ2n) is 14.0. The predicted molar refractivity (Wildman–Crippen MR) is 233 cm³/mol. The Kier molecular flexibility index (Phi) is 7.64. The molecular formula is C51H31N3OS. The average molecular weight is 734 g/mol. The van der Waals surface area contributed by atoms with Crippen LogP contribution in [-0.2, 0) is 0 Å². The van der Waals surface area contributed by atoms with E-state index in [1.165, 1.54) is 36.9 Å². The standard InChI is InChI=1S/C51H31N3OS/c1-3-10-32(11-4-1)33-22-24-37(25-23-33)50-52-49(36-12-5-2-6-13-36)53-51(54-50)41-15-9-16-45-48(41)43-31-38(26-28-44(43)55-45)34-18-20-35(21-19-34)39-27-29-47-42(30-39)40-14-7-8-17-46(40)56-47/h1-31H. The fourth-order valence-electron chi connectivity index (χ4n) is 7.74. The Morgan fingerprint density at radius 3 is 1.54 bits per heavy atom. The van der Waals surface area contributed by atoms with Gasteiger partial charge in [-0.1, -0.05) is 152 Å². The number of furan rings is 1. The number of hydrogen-bond donors (Lipinski definition) is 0. The maximum atomic E-state index is 6.46. The zero-order valence-electron chi connectivity index (χ0n) is 30.1. The Morgan fingerprint density at radius 1 is 0.321 bits per heavy atom. The van der Waals surface area contributed by atoms with Crippen LogP contribution in [0.15, 0.2) is 192 Å². The van der Waals surface area contributed by atoms with Crippen molar-refractivity contribution in [1.29, 1.82) is 0 Å². The number of rotatable bonds is 6. The first-order valence-corrected chi connectivity index (χ1v) is 19.5. The van der Waals surface area contributed by atoms with E-state index in [9.17, 15) is 0 Å². The Balaban J connectivity index is 0.997. The van der Waals surface area contributed by atoms with Gasteiger partial charge in [-0.2, -0.15) is 0 Å². The monoisotopic (exact) mass is 733 g/mol. The molecule has 0 aliphatic rings. The summed E-state index contributed by atoms with van der Waals surface area (Å²) in [6.45, 7) is 0. The minimum absolute atomic E-state index is 0.597. The van der Waals surface area contributed by atoms with Crippen molar-refractivity contribution < 1.29 is 4.42 Å². The summed E-state index contributed by atoms with van der Waals surface area (Å²) >= 11 is 1.85. The minimum atomic E-state index is 0.597. The molecule has 11 rings (SSSR count). The van der Waals surface area contributed by atoms with Crippen LogP contribution >= 0.6 is 11.3 Å². The van der Waals surface area contributed by atoms with E-state index >= 15 is 0 Å². The summed E-state index contributed by atoms with van der Waals surface area (Å²) in [6.07, 6.45) is 0. The third-order valence-electron chi connectivity index (χ3n) is 10.6. The third kappa shape index (κ3) is 5.65. The second kappa shape index (κ2) is 13.3. The van der Waals surface area contributed by atoms with Crippen LogP contribution < -0.4 is 0 Å². The molecule has 5 heteroatoms. The van der Waals surface area contributed by atoms with Gasteiger partial charge in [0.1, 0.15) is 11.2 Å². The average Bonchev–Trinajstić information content (AvgIpc) is 3.85. The molecule has 262 valence electrons. The van der Waals surface area contributed by atoms with Gasteiger partial charge < -0.3 is 4.42 Å². The van der Waals surface area contributed by atoms with E-state index in [0.29, 0.717) is 17.5 Å². The van der Waals surface area contributed by atoms with Crippen LogP contribution in [0.2, 0.25) is 0 Å². The molecule has 3 aromatic heterocycles. The van der Waals surface area contributed by atoms with Crippen LogP contribution in [0, 0.1) is 0 Å². The molecule has 8 aromatic carbocycles. The molecule has 56 heavy (non-hydrogen) atoms. The summed E-state index contributed by atoms with van der Waals surface area (Å²) in [5.74, 6) is 1.83. The van der Waals surface area contributed by atoms with Crippen LogP contribution in [-0.4, -0.2) is 15.0 Å². The van der Waals surface area contributed by atoms with Crippen molar-refractivity contribution in [1.82, 2.24) is 15.0 Å². The highest BCUT2D eigenvalue weighted by Crippen LogP contribution is 2.40. The van der Waals surface area contributed by atoms with E-state index in [1.807, 2.05) is 59.9 Å². The van der Waals surface area contributed by atoms with E-state index in [4.69, 9.17) is 19.4 Å². The lowest BCUT2D eigenvalue weighted by Gasteiger charge is -2.10. The van der Waals surface area contributed by atoms with Gasteiger partial charge in [-0.3, -0.25) is 0 Å². The van der Waals surface area contributed by atoms with Gasteiger partial charge >= 0.3 is 0 Å². The molecule has 0 saturated carbocycles. The van der Waals surface area contributed by atoms with Crippen LogP contribution in [0.1, 0.15) is 0 Å². The SMILES string of the molecule is c1ccc(-c2ccc(-c3nc(-c4ccccc4)nc(-c4cccc5oc6ccc(-c7ccc(-c8ccc9sc%10ccccc%10c9c8)cc7)cc6c45)n3)cc2)cc1. The summed E-state index contributed by atoms with van der Waals surface area (Å²) in [5.41, 5.74) is 11.3. The van der Waals surface area contributed by atoms with Gasteiger partial charge in [0, 0.05) is 47.6 Å². The highest BCUT2D eigenvalue weighted by molar-refractivity contribution is 7.25. The lowest BCUT2D eigenvalue weighted by molar-refractivity contribution is 0.669. The molecule has 0 N–H and O–H groups in total. The predicted octanol–water partition coefficient (Wildman–Crippen LogP) is 14.1. The number of fused-ring (bicyclic) bond motifs is 6. The topological polar surface area (TPSA) is 51.8 Å². The fraction of sp³-hybridized carbons (Fsp3) is 0. The zero-order valence-corrected chi connectivity index (χ0v) is 30.9. The van der Waals surface area contributed by atoms with Crippen molar-refractivity contribution in [3.63, 3.8) is 0 Å². The molecule has 0 bridgehead atoms. The van der Waals surface area contributed by atoms with Gasteiger partial charge in [-0.25, -0.2) is 15.0 Å². The van der Waals surface area contributed by atoms with Crippen molar-refractivity contribution in [3.8, 4) is 67.5 Å². The van der Waals surface area contributed by atoms with E-state index in [-0.39, 0.29) is 0 Å². The number of aromatic nitrogens is 3. The van der Waals surface area contributed by atoms with Gasteiger partial charge in [0.2, 0.25) is 0 Å². The Labute approximate surface area is 327 Å². The van der Waals surface area contributed by atoms with E-state index in [2.05, 4.69) is 140 Å². The van der Waals surface area contributed by atoms with E-state index < -0.39 is 0 Å². The smallest absolute Gasteiger partial charge is 0.164 e. The largest absolute Gasteiger partial charge is 0.456 e. The number of nitrogens with zero attached hydrogens (tertiary/aromatic N) is 3. The van der Waals surface area contributed by atoms with Crippen molar-refractivity contribution in [3.05, 3.63) is 188 Å². The molecule has 0 unspecified atom stereocenters. The highest BCUT2D eigenvalue weighted by atomic mass is 32.1. The van der Waals surface area contributed by atoms with Crippen LogP contribution in [0.4, 0.5) is 0 Å². The zero-order chi connectivity index (χ0) is 37.0. The van der Waals surface area contributed by atoms with Gasteiger partial charge in [0.05, 0.1) is 0 Å². The van der Waals surface area contributed by atoms with Gasteiger partial charge in [0.25, 0.3) is 0 Å². The molecule has 0 saturated heterocycles. The maximum absolute atomic E-state index is 6.46. The first kappa shape index (κ1) is 32.2. The van der Waals surface area contributed by atoms with Crippen molar-refractivity contribution in [2.45, 2.75) is 0 Å². The Hall–Kier alpha value is -7.21. The van der Waals surface area contributed by atoms with Crippen LogP contribution in [0.5, 0.6) is 0 Å². The van der Waals surface area contributed by atoms with E-state index in [0.717, 1.165) is 55.3 Å². The molecule has 3 heterocycles. The summed E-state index contributed by atoms with van der Waals surface area (Å²) in [7, 11) is 0. The molecule has 0 spiro atoms. The molecule has 0 fully saturated rings. The second-order valence-corrected chi connectivity index (χ2v) is 15.1. The lowest BCUT2D eigenvalue weighted by atomic mass is 9.97. The summed E-state index contributed by atoms with van der Waals surface area (Å²) < 4.78 is 9.09. The summed E-state index contributed by atoms with van der Waals surface area (Å²) in [6, 6.07) is 65.8. The van der Waals surface area contributed by atoms with Crippen molar-refractivity contribution >= 4 is 53.4 Å². The molecule has 4 nitrogen and oxygen atoms in total. The minimum Gasteiger partial charge on any atom is -0.456 e. The summed E-state index contributed by atoms with van der Waals surface area (Å²) in [4.78, 5) is 15.2. The maximum Gasteiger partial charge on any atom is 0.164 e. The lowest BCUT2D eigenvalue weighted by Crippen LogP contribution is -2.00. The summed E-state index contributed by atoms with van der Waals surface area (Å²) in [5, 5.41) is 4.62. The Morgan fingerprint density at radius 2 is 0.821 bits per heavy atom. The molecule has 0 aliphatic carbocycles. The molecule has 11 aromatic rings. The fourth-order valence-corrected chi connectivity index (χ4v) is 8.82. The van der Waals surface area contributed by atoms with Crippen LogP contribution in [0.25, 0.3) is 110 Å². The Bertz CT molecular complexity index is 3220. The first-order chi connectivity index (χ1) is 27.7. The molecule has 0 radical (unpaired) electrons. The van der Waals surface area contributed by atoms with Crippen LogP contribution in [0.3, 0.4) is 0 Å². The molecule has 0 aliphatic heterocycles. The van der Waals surface area contributed by atoms with Crippen molar-refractivity contribution in [2.24, 2.45) is 0 Å². The molecule has 0 atom stereocenters. The molecule has 0 amide bonds. The quantitative estimate of drug-likeness (QED) is 0.171.